The third kappa shape index (κ3) is 12.6. The van der Waals surface area contributed by atoms with E-state index in [1.54, 1.807) is 6.20 Å². The van der Waals surface area contributed by atoms with E-state index in [0.717, 1.165) is 43.6 Å². The number of amides is 1. The SMILES string of the molecule is CC.CCCc1cncc(C#N)c1.C\C=C(C(/C(C)=N/C=C/CC)=C(/C)N1CCN(C(=O)OC(C)(C)C)CC1)\C1CC1. The molecule has 1 aliphatic heterocycles. The average Bonchev–Trinajstić information content (AvgIpc) is 3.82. The van der Waals surface area contributed by atoms with Gasteiger partial charge in [0.15, 0.2) is 0 Å². The minimum atomic E-state index is -0.456. The van der Waals surface area contributed by atoms with E-state index in [4.69, 9.17) is 15.0 Å². The lowest BCUT2D eigenvalue weighted by Gasteiger charge is -2.38. The van der Waals surface area contributed by atoms with E-state index in [-0.39, 0.29) is 6.09 Å². The number of ether oxygens (including phenoxy) is 1. The predicted octanol–water partition coefficient (Wildman–Crippen LogP) is 8.49. The van der Waals surface area contributed by atoms with Gasteiger partial charge in [0.2, 0.25) is 0 Å². The molecule has 7 heteroatoms. The molecule has 1 aliphatic carbocycles. The number of carbonyl (C=O) groups is 1. The van der Waals surface area contributed by atoms with Crippen molar-refractivity contribution < 1.29 is 9.53 Å². The fourth-order valence-corrected chi connectivity index (χ4v) is 4.68. The highest BCUT2D eigenvalue weighted by Crippen LogP contribution is 2.41. The first-order chi connectivity index (χ1) is 20.0. The molecule has 1 aromatic rings. The number of carbonyl (C=O) groups excluding carboxylic acids is 1. The van der Waals surface area contributed by atoms with Crippen LogP contribution in [0.3, 0.4) is 0 Å². The van der Waals surface area contributed by atoms with E-state index in [9.17, 15) is 4.79 Å². The van der Waals surface area contributed by atoms with Crippen LogP contribution in [0.4, 0.5) is 4.79 Å². The number of nitrogens with zero attached hydrogens (tertiary/aromatic N) is 5. The van der Waals surface area contributed by atoms with Gasteiger partial charge in [-0.25, -0.2) is 4.79 Å². The zero-order valence-electron chi connectivity index (χ0n) is 28.0. The van der Waals surface area contributed by atoms with Crippen LogP contribution in [0, 0.1) is 17.2 Å². The number of allylic oxidation sites excluding steroid dienone is 5. The predicted molar refractivity (Wildman–Crippen MR) is 175 cm³/mol. The topological polar surface area (TPSA) is 81.8 Å². The van der Waals surface area contributed by atoms with Crippen LogP contribution in [0.15, 0.2) is 58.6 Å². The van der Waals surface area contributed by atoms with E-state index in [1.165, 1.54) is 29.7 Å². The van der Waals surface area contributed by atoms with Crippen LogP contribution in [0.25, 0.3) is 0 Å². The van der Waals surface area contributed by atoms with Gasteiger partial charge in [-0.05, 0) is 90.3 Å². The molecule has 1 saturated heterocycles. The second-order valence-electron chi connectivity index (χ2n) is 11.4. The highest BCUT2D eigenvalue weighted by molar-refractivity contribution is 6.03. The maximum absolute atomic E-state index is 12.4. The summed E-state index contributed by atoms with van der Waals surface area (Å²) in [5.41, 5.74) is 6.37. The Morgan fingerprint density at radius 1 is 1.12 bits per heavy atom. The first-order valence-corrected chi connectivity index (χ1v) is 15.7. The largest absolute Gasteiger partial charge is 0.444 e. The van der Waals surface area contributed by atoms with Gasteiger partial charge in [-0.3, -0.25) is 9.98 Å². The van der Waals surface area contributed by atoms with Crippen LogP contribution in [-0.4, -0.2) is 58.4 Å². The van der Waals surface area contributed by atoms with Crippen LogP contribution in [0.1, 0.15) is 106 Å². The van der Waals surface area contributed by atoms with Gasteiger partial charge in [-0.2, -0.15) is 5.26 Å². The average molecular weight is 578 g/mol. The van der Waals surface area contributed by atoms with E-state index in [1.807, 2.05) is 58.0 Å². The Morgan fingerprint density at radius 2 is 1.74 bits per heavy atom. The molecule has 0 radical (unpaired) electrons. The van der Waals surface area contributed by atoms with E-state index < -0.39 is 5.60 Å². The lowest BCUT2D eigenvalue weighted by atomic mass is 9.95. The fourth-order valence-electron chi connectivity index (χ4n) is 4.68. The first kappa shape index (κ1) is 36.6. The number of piperazine rings is 1. The molecule has 1 aromatic heterocycles. The molecule has 0 aromatic carbocycles. The van der Waals surface area contributed by atoms with Crippen LogP contribution >= 0.6 is 0 Å². The van der Waals surface area contributed by atoms with Gasteiger partial charge in [0.25, 0.3) is 0 Å². The molecule has 232 valence electrons. The summed E-state index contributed by atoms with van der Waals surface area (Å²) in [5, 5.41) is 8.54. The Kier molecular flexibility index (Phi) is 16.5. The van der Waals surface area contributed by atoms with Gasteiger partial charge in [0.05, 0.1) is 5.56 Å². The number of aromatic nitrogens is 1. The molecule has 2 heterocycles. The van der Waals surface area contributed by atoms with Gasteiger partial charge >= 0.3 is 6.09 Å². The second-order valence-corrected chi connectivity index (χ2v) is 11.4. The molecule has 0 N–H and O–H groups in total. The summed E-state index contributed by atoms with van der Waals surface area (Å²) in [5.74, 6) is 0.660. The Morgan fingerprint density at radius 3 is 2.24 bits per heavy atom. The minimum Gasteiger partial charge on any atom is -0.444 e. The van der Waals surface area contributed by atoms with Crippen LogP contribution in [-0.2, 0) is 11.2 Å². The number of pyridine rings is 1. The Balaban J connectivity index is 0.000000564. The first-order valence-electron chi connectivity index (χ1n) is 15.7. The van der Waals surface area contributed by atoms with Gasteiger partial charge in [-0.15, -0.1) is 0 Å². The van der Waals surface area contributed by atoms with Crippen molar-refractivity contribution in [1.29, 1.82) is 5.26 Å². The normalized spacial score (nSPS) is 16.5. The van der Waals surface area contributed by atoms with Gasteiger partial charge in [0, 0.05) is 61.8 Å². The summed E-state index contributed by atoms with van der Waals surface area (Å²) in [7, 11) is 0. The Bertz CT molecular complexity index is 1140. The maximum Gasteiger partial charge on any atom is 0.410 e. The number of hydrogen-bond donors (Lipinski definition) is 0. The molecule has 7 nitrogen and oxygen atoms in total. The monoisotopic (exact) mass is 577 g/mol. The maximum atomic E-state index is 12.4. The highest BCUT2D eigenvalue weighted by atomic mass is 16.6. The van der Waals surface area contributed by atoms with Crippen molar-refractivity contribution in [3.8, 4) is 6.07 Å². The number of nitriles is 1. The highest BCUT2D eigenvalue weighted by Gasteiger charge is 2.32. The molecule has 42 heavy (non-hydrogen) atoms. The Hall–Kier alpha value is -3.40. The third-order valence-corrected chi connectivity index (χ3v) is 6.82. The lowest BCUT2D eigenvalue weighted by molar-refractivity contribution is 0.0168. The number of aliphatic imine (C=N–C) groups is 1. The van der Waals surface area contributed by atoms with Crippen molar-refractivity contribution in [2.24, 2.45) is 10.9 Å². The second kappa shape index (κ2) is 18.9. The standard InChI is InChI=1S/C24H39N3O2.C9H10N2.C2H6/c1-8-10-13-25-18(3)22(21(9-2)20-11-12-20)19(4)26-14-16-27(17-15-26)23(28)29-24(5,6)7;1-2-3-8-4-9(5-10)7-11-6-8;1-2/h9-10,13,20H,8,11-12,14-17H2,1-7H3;4,6-7H,2-3H2,1H3;1-2H3/b13-10+,21-9-,22-19-,25-18+;;. The van der Waals surface area contributed by atoms with Crippen LogP contribution < -0.4 is 0 Å². The van der Waals surface area contributed by atoms with Crippen LogP contribution in [0.5, 0.6) is 0 Å². The molecule has 2 fully saturated rings. The van der Waals surface area contributed by atoms with Crippen molar-refractivity contribution in [1.82, 2.24) is 14.8 Å². The number of aryl methyl sites for hydroxylation is 1. The molecule has 0 atom stereocenters. The molecular weight excluding hydrogens is 522 g/mol. The molecule has 3 rings (SSSR count). The van der Waals surface area contributed by atoms with Crippen molar-refractivity contribution >= 4 is 11.8 Å². The number of rotatable bonds is 8. The van der Waals surface area contributed by atoms with E-state index in [2.05, 4.69) is 62.7 Å². The summed E-state index contributed by atoms with van der Waals surface area (Å²) >= 11 is 0. The third-order valence-electron chi connectivity index (χ3n) is 6.82. The summed E-state index contributed by atoms with van der Waals surface area (Å²) in [6.45, 7) is 23.4. The molecule has 0 spiro atoms. The Labute approximate surface area is 256 Å². The van der Waals surface area contributed by atoms with Crippen molar-refractivity contribution in [2.75, 3.05) is 26.2 Å². The zero-order valence-corrected chi connectivity index (χ0v) is 28.0. The van der Waals surface area contributed by atoms with Crippen LogP contribution in [0.2, 0.25) is 0 Å². The summed E-state index contributed by atoms with van der Waals surface area (Å²) in [6, 6.07) is 3.95. The van der Waals surface area contributed by atoms with Crippen molar-refractivity contribution in [3.05, 3.63) is 64.8 Å². The van der Waals surface area contributed by atoms with Gasteiger partial charge in [-0.1, -0.05) is 46.3 Å². The van der Waals surface area contributed by atoms with Crippen molar-refractivity contribution in [2.45, 2.75) is 107 Å². The molecule has 1 saturated carbocycles. The summed E-state index contributed by atoms with van der Waals surface area (Å²) < 4.78 is 5.53. The molecule has 1 amide bonds. The molecule has 2 aliphatic rings. The molecular formula is C35H55N5O2. The van der Waals surface area contributed by atoms with Crippen molar-refractivity contribution in [3.63, 3.8) is 0 Å². The molecule has 0 unspecified atom stereocenters. The fraction of sp³-hybridized carbons (Fsp3) is 0.600. The minimum absolute atomic E-state index is 0.214. The van der Waals surface area contributed by atoms with Gasteiger partial charge in [0.1, 0.15) is 11.7 Å². The zero-order chi connectivity index (χ0) is 31.7. The smallest absolute Gasteiger partial charge is 0.410 e. The van der Waals surface area contributed by atoms with E-state index in [0.29, 0.717) is 24.6 Å². The van der Waals surface area contributed by atoms with E-state index >= 15 is 0 Å². The quantitative estimate of drug-likeness (QED) is 0.229. The summed E-state index contributed by atoms with van der Waals surface area (Å²) in [4.78, 5) is 25.2. The van der Waals surface area contributed by atoms with Gasteiger partial charge < -0.3 is 14.5 Å². The summed E-state index contributed by atoms with van der Waals surface area (Å²) in [6.07, 6.45) is 15.1. The molecule has 0 bridgehead atoms. The number of hydrogen-bond acceptors (Lipinski definition) is 6. The lowest BCUT2D eigenvalue weighted by Crippen LogP contribution is -2.49.